The van der Waals surface area contributed by atoms with E-state index in [1.165, 1.54) is 24.0 Å². The fraction of sp³-hybridized carbons (Fsp3) is 0.333. The van der Waals surface area contributed by atoms with Crippen molar-refractivity contribution in [3.8, 4) is 0 Å². The quantitative estimate of drug-likeness (QED) is 0.812. The molecule has 0 aliphatic carbocycles. The number of carbonyl (C=O) groups is 1. The molecule has 0 aliphatic rings. The van der Waals surface area contributed by atoms with Crippen LogP contribution < -0.4 is 4.72 Å². The Hall–Kier alpha value is -1.29. The molecule has 1 unspecified atom stereocenters. The van der Waals surface area contributed by atoms with E-state index in [0.29, 0.717) is 6.42 Å². The van der Waals surface area contributed by atoms with Crippen molar-refractivity contribution in [3.63, 3.8) is 0 Å². The maximum absolute atomic E-state index is 12.5. The van der Waals surface area contributed by atoms with Crippen molar-refractivity contribution < 1.29 is 17.9 Å². The third-order valence-electron chi connectivity index (χ3n) is 2.75. The highest BCUT2D eigenvalue weighted by Gasteiger charge is 2.29. The largest absolute Gasteiger partial charge is 0.464 e. The van der Waals surface area contributed by atoms with Crippen LogP contribution in [0.15, 0.2) is 27.2 Å². The normalized spacial score (nSPS) is 13.0. The fourth-order valence-corrected chi connectivity index (χ4v) is 5.12. The zero-order valence-electron chi connectivity index (χ0n) is 11.4. The monoisotopic (exact) mass is 346 g/mol. The van der Waals surface area contributed by atoms with E-state index in [-0.39, 0.29) is 15.9 Å². The molecule has 0 fully saturated rings. The number of thiophene rings is 1. The number of hydrogen-bond acceptors (Lipinski definition) is 7. The van der Waals surface area contributed by atoms with E-state index < -0.39 is 16.0 Å². The van der Waals surface area contributed by atoms with E-state index in [0.717, 1.165) is 16.2 Å². The van der Waals surface area contributed by atoms with Crippen LogP contribution in [0.4, 0.5) is 0 Å². The lowest BCUT2D eigenvalue weighted by molar-refractivity contribution is 0.0590. The molecular weight excluding hydrogens is 332 g/mol. The summed E-state index contributed by atoms with van der Waals surface area (Å²) in [7, 11) is -2.64. The smallest absolute Gasteiger partial charge is 0.358 e. The average Bonchev–Trinajstić information content (AvgIpc) is 3.14. The molecule has 1 N–H and O–H groups in total. The summed E-state index contributed by atoms with van der Waals surface area (Å²) in [5.74, 6) is -0.763. The molecule has 0 saturated carbocycles. The van der Waals surface area contributed by atoms with Crippen molar-refractivity contribution in [2.75, 3.05) is 7.11 Å². The Morgan fingerprint density at radius 1 is 1.48 bits per heavy atom. The van der Waals surface area contributed by atoms with Gasteiger partial charge in [0.25, 0.3) is 10.0 Å². The van der Waals surface area contributed by atoms with Gasteiger partial charge >= 0.3 is 5.97 Å². The minimum atomic E-state index is -3.83. The van der Waals surface area contributed by atoms with Gasteiger partial charge in [0.2, 0.25) is 0 Å². The molecule has 6 nitrogen and oxygen atoms in total. The number of aromatic nitrogens is 1. The van der Waals surface area contributed by atoms with Crippen LogP contribution >= 0.6 is 22.7 Å². The SMILES string of the molecule is CCC(NS(=O)(=O)c1scnc1C(=O)OC)c1cccs1. The van der Waals surface area contributed by atoms with Gasteiger partial charge < -0.3 is 4.74 Å². The summed E-state index contributed by atoms with van der Waals surface area (Å²) in [6, 6.07) is 3.40. The van der Waals surface area contributed by atoms with Gasteiger partial charge in [-0.25, -0.2) is 22.9 Å². The lowest BCUT2D eigenvalue weighted by Crippen LogP contribution is -2.28. The predicted octanol–water partition coefficient (Wildman–Crippen LogP) is 2.42. The number of nitrogens with zero attached hydrogens (tertiary/aromatic N) is 1. The standard InChI is InChI=1S/C12H14N2O4S3/c1-3-8(9-5-4-6-19-9)14-21(16,17)12-10(11(15)18-2)13-7-20-12/h4-8,14H,3H2,1-2H3. The predicted molar refractivity (Wildman–Crippen MR) is 81.1 cm³/mol. The number of sulfonamides is 1. The zero-order valence-corrected chi connectivity index (χ0v) is 13.8. The summed E-state index contributed by atoms with van der Waals surface area (Å²) in [5.41, 5.74) is 1.13. The number of hydrogen-bond donors (Lipinski definition) is 1. The summed E-state index contributed by atoms with van der Waals surface area (Å²) >= 11 is 2.37. The van der Waals surface area contributed by atoms with Gasteiger partial charge in [0, 0.05) is 4.88 Å². The molecule has 2 heterocycles. The first-order chi connectivity index (χ1) is 9.99. The molecule has 9 heteroatoms. The van der Waals surface area contributed by atoms with Crippen LogP contribution in [0, 0.1) is 0 Å². The second-order valence-electron chi connectivity index (χ2n) is 4.08. The number of methoxy groups -OCH3 is 1. The van der Waals surface area contributed by atoms with Gasteiger partial charge in [0.15, 0.2) is 9.90 Å². The maximum Gasteiger partial charge on any atom is 0.358 e. The van der Waals surface area contributed by atoms with Crippen molar-refractivity contribution >= 4 is 38.7 Å². The van der Waals surface area contributed by atoms with Gasteiger partial charge in [0.05, 0.1) is 18.7 Å². The fourth-order valence-electron chi connectivity index (χ4n) is 1.73. The van der Waals surface area contributed by atoms with Crippen LogP contribution in [0.5, 0.6) is 0 Å². The number of nitrogens with one attached hydrogen (secondary N) is 1. The summed E-state index contributed by atoms with van der Waals surface area (Å²) in [5, 5.41) is 1.89. The van der Waals surface area contributed by atoms with Gasteiger partial charge in [-0.2, -0.15) is 0 Å². The van der Waals surface area contributed by atoms with Crippen LogP contribution in [0.25, 0.3) is 0 Å². The summed E-state index contributed by atoms with van der Waals surface area (Å²) in [6.07, 6.45) is 0.603. The molecule has 0 saturated heterocycles. The Kier molecular flexibility index (Phi) is 5.09. The Morgan fingerprint density at radius 2 is 2.24 bits per heavy atom. The third kappa shape index (κ3) is 3.49. The van der Waals surface area contributed by atoms with Crippen LogP contribution in [-0.4, -0.2) is 26.5 Å². The lowest BCUT2D eigenvalue weighted by atomic mass is 10.2. The Bertz CT molecular complexity index is 707. The molecule has 21 heavy (non-hydrogen) atoms. The molecule has 114 valence electrons. The molecule has 2 aromatic heterocycles. The van der Waals surface area contributed by atoms with Crippen molar-refractivity contribution in [1.82, 2.24) is 9.71 Å². The van der Waals surface area contributed by atoms with E-state index in [2.05, 4.69) is 14.4 Å². The van der Waals surface area contributed by atoms with Crippen LogP contribution in [0.2, 0.25) is 0 Å². The van der Waals surface area contributed by atoms with Gasteiger partial charge in [-0.05, 0) is 17.9 Å². The van der Waals surface area contributed by atoms with Gasteiger partial charge in [-0.3, -0.25) is 0 Å². The topological polar surface area (TPSA) is 85.4 Å². The number of thiazole rings is 1. The van der Waals surface area contributed by atoms with E-state index in [1.807, 2.05) is 24.4 Å². The number of esters is 1. The average molecular weight is 346 g/mol. The minimum Gasteiger partial charge on any atom is -0.464 e. The maximum atomic E-state index is 12.5. The molecule has 2 rings (SSSR count). The van der Waals surface area contributed by atoms with Gasteiger partial charge in [-0.1, -0.05) is 13.0 Å². The number of rotatable bonds is 6. The molecule has 0 spiro atoms. The second-order valence-corrected chi connectivity index (χ2v) is 7.82. The Balaban J connectivity index is 2.30. The van der Waals surface area contributed by atoms with E-state index in [1.54, 1.807) is 0 Å². The highest BCUT2D eigenvalue weighted by Crippen LogP contribution is 2.27. The van der Waals surface area contributed by atoms with E-state index in [4.69, 9.17) is 0 Å². The Labute approximate surface area is 130 Å². The molecule has 0 aliphatic heterocycles. The first kappa shape index (κ1) is 16.1. The van der Waals surface area contributed by atoms with E-state index >= 15 is 0 Å². The van der Waals surface area contributed by atoms with Crippen LogP contribution in [0.1, 0.15) is 34.8 Å². The van der Waals surface area contributed by atoms with Gasteiger partial charge in [-0.15, -0.1) is 22.7 Å². The highest BCUT2D eigenvalue weighted by molar-refractivity contribution is 7.91. The van der Waals surface area contributed by atoms with Crippen molar-refractivity contribution in [3.05, 3.63) is 33.6 Å². The molecule has 0 bridgehead atoms. The van der Waals surface area contributed by atoms with Crippen LogP contribution in [-0.2, 0) is 14.8 Å². The Morgan fingerprint density at radius 3 is 2.81 bits per heavy atom. The summed E-state index contributed by atoms with van der Waals surface area (Å²) < 4.78 is 32.0. The molecule has 2 aromatic rings. The molecule has 0 amide bonds. The second kappa shape index (κ2) is 6.65. The molecular formula is C12H14N2O4S3. The molecule has 0 radical (unpaired) electrons. The number of ether oxygens (including phenoxy) is 1. The molecule has 1 atom stereocenters. The van der Waals surface area contributed by atoms with Gasteiger partial charge in [0.1, 0.15) is 0 Å². The van der Waals surface area contributed by atoms with Crippen LogP contribution in [0.3, 0.4) is 0 Å². The first-order valence-corrected chi connectivity index (χ1v) is 9.31. The highest BCUT2D eigenvalue weighted by atomic mass is 32.2. The molecule has 0 aromatic carbocycles. The minimum absolute atomic E-state index is 0.121. The van der Waals surface area contributed by atoms with Crippen molar-refractivity contribution in [2.45, 2.75) is 23.6 Å². The van der Waals surface area contributed by atoms with Crippen molar-refractivity contribution in [2.24, 2.45) is 0 Å². The summed E-state index contributed by atoms with van der Waals surface area (Å²) in [4.78, 5) is 16.3. The number of carbonyl (C=O) groups excluding carboxylic acids is 1. The zero-order chi connectivity index (χ0) is 15.5. The van der Waals surface area contributed by atoms with Crippen molar-refractivity contribution in [1.29, 1.82) is 0 Å². The van der Waals surface area contributed by atoms with E-state index in [9.17, 15) is 13.2 Å². The lowest BCUT2D eigenvalue weighted by Gasteiger charge is -2.15. The first-order valence-electron chi connectivity index (χ1n) is 6.07. The third-order valence-corrected chi connectivity index (χ3v) is 6.58. The summed E-state index contributed by atoms with van der Waals surface area (Å²) in [6.45, 7) is 1.89.